The summed E-state index contributed by atoms with van der Waals surface area (Å²) in [4.78, 5) is 4.22. The van der Waals surface area contributed by atoms with Gasteiger partial charge in [-0.2, -0.15) is 0 Å². The van der Waals surface area contributed by atoms with Crippen molar-refractivity contribution in [3.63, 3.8) is 0 Å². The first-order valence-electron chi connectivity index (χ1n) is 7.20. The van der Waals surface area contributed by atoms with Crippen molar-refractivity contribution in [2.45, 2.75) is 33.1 Å². The highest BCUT2D eigenvalue weighted by Gasteiger charge is 2.19. The number of nitrogens with zero attached hydrogens (tertiary/aromatic N) is 1. The van der Waals surface area contributed by atoms with Crippen LogP contribution in [0.15, 0.2) is 24.4 Å². The molecule has 3 nitrogen and oxygen atoms in total. The maximum Gasteiger partial charge on any atom is 0.213 e. The van der Waals surface area contributed by atoms with Crippen LogP contribution in [0.5, 0.6) is 5.88 Å². The van der Waals surface area contributed by atoms with Crippen LogP contribution < -0.4 is 10.5 Å². The highest BCUT2D eigenvalue weighted by atomic mass is 16.5. The van der Waals surface area contributed by atoms with Crippen LogP contribution in [-0.2, 0) is 12.8 Å². The van der Waals surface area contributed by atoms with Gasteiger partial charge >= 0.3 is 0 Å². The molecule has 1 heterocycles. The third-order valence-corrected chi connectivity index (χ3v) is 3.96. The summed E-state index contributed by atoms with van der Waals surface area (Å²) in [5.74, 6) is 0.657. The molecule has 0 saturated carbocycles. The molecule has 1 aliphatic rings. The predicted molar refractivity (Wildman–Crippen MR) is 82.0 cm³/mol. The van der Waals surface area contributed by atoms with Gasteiger partial charge in [-0.05, 0) is 61.4 Å². The maximum absolute atomic E-state index is 6.43. The first-order chi connectivity index (χ1) is 9.70. The lowest BCUT2D eigenvalue weighted by atomic mass is 9.93. The zero-order valence-corrected chi connectivity index (χ0v) is 12.1. The highest BCUT2D eigenvalue weighted by molar-refractivity contribution is 5.83. The molecule has 1 aromatic carbocycles. The van der Waals surface area contributed by atoms with Crippen LogP contribution in [0.25, 0.3) is 11.1 Å². The van der Waals surface area contributed by atoms with E-state index in [1.165, 1.54) is 23.1 Å². The van der Waals surface area contributed by atoms with Crippen LogP contribution >= 0.6 is 0 Å². The number of ether oxygens (including phenoxy) is 1. The van der Waals surface area contributed by atoms with Crippen molar-refractivity contribution in [2.24, 2.45) is 0 Å². The number of aromatic nitrogens is 1. The number of hydrogen-bond acceptors (Lipinski definition) is 3. The quantitative estimate of drug-likeness (QED) is 0.866. The molecule has 3 rings (SSSR count). The van der Waals surface area contributed by atoms with Crippen molar-refractivity contribution in [3.05, 3.63) is 41.1 Å². The van der Waals surface area contributed by atoms with E-state index in [0.29, 0.717) is 12.5 Å². The van der Waals surface area contributed by atoms with E-state index in [4.69, 9.17) is 10.5 Å². The molecule has 0 fully saturated rings. The van der Waals surface area contributed by atoms with Crippen LogP contribution in [0, 0.1) is 6.92 Å². The number of rotatable bonds is 3. The molecule has 0 radical (unpaired) electrons. The van der Waals surface area contributed by atoms with E-state index in [2.05, 4.69) is 18.0 Å². The molecule has 1 aromatic heterocycles. The standard InChI is InChI=1S/C17H20N2O/c1-3-20-15-10-13(7-8-19-15)16-11(2)9-12-5-4-6-14(12)17(16)18/h7-10H,3-6,18H2,1-2H3. The van der Waals surface area contributed by atoms with Crippen molar-refractivity contribution in [1.82, 2.24) is 4.98 Å². The first kappa shape index (κ1) is 13.0. The minimum absolute atomic E-state index is 0.620. The van der Waals surface area contributed by atoms with E-state index in [1.807, 2.05) is 19.1 Å². The van der Waals surface area contributed by atoms with Gasteiger partial charge in [0, 0.05) is 23.5 Å². The predicted octanol–water partition coefficient (Wildman–Crippen LogP) is 3.53. The molecule has 0 aliphatic heterocycles. The van der Waals surface area contributed by atoms with Gasteiger partial charge in [-0.1, -0.05) is 6.07 Å². The Kier molecular flexibility index (Phi) is 3.35. The van der Waals surface area contributed by atoms with E-state index in [9.17, 15) is 0 Å². The summed E-state index contributed by atoms with van der Waals surface area (Å²) in [6.45, 7) is 4.71. The Bertz CT molecular complexity index is 650. The molecule has 0 unspecified atom stereocenters. The van der Waals surface area contributed by atoms with Gasteiger partial charge in [0.2, 0.25) is 5.88 Å². The number of nitrogens with two attached hydrogens (primary N) is 1. The summed E-state index contributed by atoms with van der Waals surface area (Å²) in [6, 6.07) is 6.26. The SMILES string of the molecule is CCOc1cc(-c2c(C)cc3c(c2N)CCC3)ccn1. The van der Waals surface area contributed by atoms with Crippen molar-refractivity contribution in [1.29, 1.82) is 0 Å². The minimum Gasteiger partial charge on any atom is -0.478 e. The lowest BCUT2D eigenvalue weighted by Crippen LogP contribution is -2.00. The van der Waals surface area contributed by atoms with Gasteiger partial charge in [0.1, 0.15) is 0 Å². The van der Waals surface area contributed by atoms with E-state index < -0.39 is 0 Å². The van der Waals surface area contributed by atoms with Crippen molar-refractivity contribution >= 4 is 5.69 Å². The smallest absolute Gasteiger partial charge is 0.213 e. The Hall–Kier alpha value is -2.03. The maximum atomic E-state index is 6.43. The average Bonchev–Trinajstić information content (AvgIpc) is 2.88. The number of pyridine rings is 1. The number of aryl methyl sites for hydroxylation is 2. The second-order valence-electron chi connectivity index (χ2n) is 5.29. The zero-order valence-electron chi connectivity index (χ0n) is 12.1. The molecule has 0 saturated heterocycles. The van der Waals surface area contributed by atoms with Gasteiger partial charge in [-0.25, -0.2) is 4.98 Å². The Morgan fingerprint density at radius 1 is 1.30 bits per heavy atom. The summed E-state index contributed by atoms with van der Waals surface area (Å²) < 4.78 is 5.49. The molecule has 0 spiro atoms. The van der Waals surface area contributed by atoms with Gasteiger partial charge in [0.05, 0.1) is 6.61 Å². The van der Waals surface area contributed by atoms with Gasteiger partial charge in [0.15, 0.2) is 0 Å². The minimum atomic E-state index is 0.620. The summed E-state index contributed by atoms with van der Waals surface area (Å²) >= 11 is 0. The van der Waals surface area contributed by atoms with Crippen LogP contribution in [0.2, 0.25) is 0 Å². The summed E-state index contributed by atoms with van der Waals surface area (Å²) in [5, 5.41) is 0. The molecule has 0 amide bonds. The Balaban J connectivity index is 2.12. The number of hydrogen-bond donors (Lipinski definition) is 1. The summed E-state index contributed by atoms with van der Waals surface area (Å²) in [7, 11) is 0. The van der Waals surface area contributed by atoms with Crippen molar-refractivity contribution in [3.8, 4) is 17.0 Å². The van der Waals surface area contributed by atoms with Gasteiger partial charge in [-0.3, -0.25) is 0 Å². The third kappa shape index (κ3) is 2.13. The molecule has 1 aliphatic carbocycles. The van der Waals surface area contributed by atoms with Crippen LogP contribution in [0.4, 0.5) is 5.69 Å². The first-order valence-corrected chi connectivity index (χ1v) is 7.20. The molecule has 3 heteroatoms. The zero-order chi connectivity index (χ0) is 14.1. The molecule has 2 N–H and O–H groups in total. The number of anilines is 1. The lowest BCUT2D eigenvalue weighted by Gasteiger charge is -2.15. The molecule has 104 valence electrons. The Labute approximate surface area is 119 Å². The number of benzene rings is 1. The summed E-state index contributed by atoms with van der Waals surface area (Å²) in [5.41, 5.74) is 13.6. The molecular formula is C17H20N2O. The lowest BCUT2D eigenvalue weighted by molar-refractivity contribution is 0.327. The average molecular weight is 268 g/mol. The van der Waals surface area contributed by atoms with Crippen LogP contribution in [0.1, 0.15) is 30.0 Å². The Morgan fingerprint density at radius 3 is 2.95 bits per heavy atom. The van der Waals surface area contributed by atoms with Gasteiger partial charge < -0.3 is 10.5 Å². The van der Waals surface area contributed by atoms with Crippen molar-refractivity contribution in [2.75, 3.05) is 12.3 Å². The fourth-order valence-corrected chi connectivity index (χ4v) is 3.11. The van der Waals surface area contributed by atoms with E-state index in [-0.39, 0.29) is 0 Å². The van der Waals surface area contributed by atoms with Crippen molar-refractivity contribution < 1.29 is 4.74 Å². The van der Waals surface area contributed by atoms with Gasteiger partial charge in [-0.15, -0.1) is 0 Å². The van der Waals surface area contributed by atoms with Crippen LogP contribution in [-0.4, -0.2) is 11.6 Å². The number of fused-ring (bicyclic) bond motifs is 1. The largest absolute Gasteiger partial charge is 0.478 e. The third-order valence-electron chi connectivity index (χ3n) is 3.96. The van der Waals surface area contributed by atoms with Crippen LogP contribution in [0.3, 0.4) is 0 Å². The fraction of sp³-hybridized carbons (Fsp3) is 0.353. The van der Waals surface area contributed by atoms with E-state index >= 15 is 0 Å². The Morgan fingerprint density at radius 2 is 2.15 bits per heavy atom. The molecular weight excluding hydrogens is 248 g/mol. The molecule has 0 bridgehead atoms. The van der Waals surface area contributed by atoms with E-state index in [1.54, 1.807) is 6.20 Å². The molecule has 0 atom stereocenters. The number of nitrogen functional groups attached to an aromatic ring is 1. The monoisotopic (exact) mass is 268 g/mol. The topological polar surface area (TPSA) is 48.1 Å². The second-order valence-corrected chi connectivity index (χ2v) is 5.29. The fourth-order valence-electron chi connectivity index (χ4n) is 3.11. The highest BCUT2D eigenvalue weighted by Crippen LogP contribution is 2.38. The molecule has 20 heavy (non-hydrogen) atoms. The normalized spacial score (nSPS) is 13.3. The van der Waals surface area contributed by atoms with E-state index in [0.717, 1.165) is 29.7 Å². The summed E-state index contributed by atoms with van der Waals surface area (Å²) in [6.07, 6.45) is 5.24. The molecule has 2 aromatic rings. The van der Waals surface area contributed by atoms with Gasteiger partial charge in [0.25, 0.3) is 0 Å². The second kappa shape index (κ2) is 5.16.